The maximum atomic E-state index is 12.6. The zero-order chi connectivity index (χ0) is 20.2. The Morgan fingerprint density at radius 1 is 1.14 bits per heavy atom. The number of nitrogens with zero attached hydrogens (tertiary/aromatic N) is 5. The summed E-state index contributed by atoms with van der Waals surface area (Å²) in [6, 6.07) is 17.7. The molecule has 0 radical (unpaired) electrons. The standard InChI is InChI=1S/C22H22N6O/c1-16(17-8-10-18(11-9-17)28-15-23-14-25-28)27(2)13-22(29)26-21-7-3-6-20-19(21)5-4-12-24-20/h3-12,14-16H,13H2,1-2H3,(H,26,29). The molecule has 7 heteroatoms. The molecule has 29 heavy (non-hydrogen) atoms. The van der Waals surface area contributed by atoms with E-state index >= 15 is 0 Å². The van der Waals surface area contributed by atoms with Crippen LogP contribution < -0.4 is 5.32 Å². The third kappa shape index (κ3) is 4.14. The Labute approximate surface area is 169 Å². The molecule has 1 atom stereocenters. The summed E-state index contributed by atoms with van der Waals surface area (Å²) in [6.45, 7) is 2.36. The molecule has 1 unspecified atom stereocenters. The summed E-state index contributed by atoms with van der Waals surface area (Å²) in [4.78, 5) is 22.9. The molecule has 2 heterocycles. The van der Waals surface area contributed by atoms with Gasteiger partial charge < -0.3 is 5.32 Å². The lowest BCUT2D eigenvalue weighted by Gasteiger charge is -2.24. The molecule has 2 aromatic carbocycles. The van der Waals surface area contributed by atoms with E-state index in [4.69, 9.17) is 0 Å². The van der Waals surface area contributed by atoms with E-state index in [1.54, 1.807) is 17.2 Å². The van der Waals surface area contributed by atoms with Crippen molar-refractivity contribution in [1.29, 1.82) is 0 Å². The van der Waals surface area contributed by atoms with Gasteiger partial charge in [0, 0.05) is 17.6 Å². The first-order chi connectivity index (χ1) is 14.1. The second-order valence-electron chi connectivity index (χ2n) is 6.95. The number of anilines is 1. The maximum Gasteiger partial charge on any atom is 0.238 e. The summed E-state index contributed by atoms with van der Waals surface area (Å²) in [7, 11) is 1.94. The van der Waals surface area contributed by atoms with Crippen molar-refractivity contribution in [3.8, 4) is 5.69 Å². The SMILES string of the molecule is CC(c1ccc(-n2cncn2)cc1)N(C)CC(=O)Nc1cccc2ncccc12. The highest BCUT2D eigenvalue weighted by Gasteiger charge is 2.16. The summed E-state index contributed by atoms with van der Waals surface area (Å²) in [5.74, 6) is -0.0602. The molecule has 0 spiro atoms. The molecular formula is C22H22N6O. The molecule has 1 N–H and O–H groups in total. The molecule has 1 amide bonds. The first-order valence-electron chi connectivity index (χ1n) is 9.40. The van der Waals surface area contributed by atoms with E-state index in [0.29, 0.717) is 0 Å². The summed E-state index contributed by atoms with van der Waals surface area (Å²) in [6.07, 6.45) is 4.92. The molecule has 0 fully saturated rings. The quantitative estimate of drug-likeness (QED) is 0.549. The van der Waals surface area contributed by atoms with Gasteiger partial charge in [0.05, 0.1) is 23.4 Å². The average Bonchev–Trinajstić information content (AvgIpc) is 3.28. The van der Waals surface area contributed by atoms with Crippen LogP contribution in [0.5, 0.6) is 0 Å². The van der Waals surface area contributed by atoms with Crippen molar-refractivity contribution < 1.29 is 4.79 Å². The Hall–Kier alpha value is -3.58. The molecule has 7 nitrogen and oxygen atoms in total. The fourth-order valence-corrected chi connectivity index (χ4v) is 3.27. The van der Waals surface area contributed by atoms with Gasteiger partial charge in [-0.2, -0.15) is 5.10 Å². The molecule has 0 aliphatic heterocycles. The number of carbonyl (C=O) groups is 1. The summed E-state index contributed by atoms with van der Waals surface area (Å²) >= 11 is 0. The van der Waals surface area contributed by atoms with Gasteiger partial charge in [-0.05, 0) is 55.9 Å². The topological polar surface area (TPSA) is 75.9 Å². The predicted octanol–water partition coefficient (Wildman–Crippen LogP) is 3.45. The largest absolute Gasteiger partial charge is 0.324 e. The van der Waals surface area contributed by atoms with Gasteiger partial charge in [-0.25, -0.2) is 9.67 Å². The second kappa shape index (κ2) is 8.20. The van der Waals surface area contributed by atoms with E-state index in [1.807, 2.05) is 66.5 Å². The van der Waals surface area contributed by atoms with Gasteiger partial charge >= 0.3 is 0 Å². The maximum absolute atomic E-state index is 12.6. The van der Waals surface area contributed by atoms with Gasteiger partial charge in [0.15, 0.2) is 0 Å². The van der Waals surface area contributed by atoms with Crippen molar-refractivity contribution in [2.45, 2.75) is 13.0 Å². The molecule has 4 rings (SSSR count). The Morgan fingerprint density at radius 3 is 2.72 bits per heavy atom. The van der Waals surface area contributed by atoms with Crippen LogP contribution in [0.3, 0.4) is 0 Å². The van der Waals surface area contributed by atoms with Crippen LogP contribution >= 0.6 is 0 Å². The lowest BCUT2D eigenvalue weighted by molar-refractivity contribution is -0.117. The van der Waals surface area contributed by atoms with Crippen LogP contribution in [0, 0.1) is 0 Å². The van der Waals surface area contributed by atoms with Gasteiger partial charge in [-0.3, -0.25) is 14.7 Å². The summed E-state index contributed by atoms with van der Waals surface area (Å²) in [5.41, 5.74) is 3.71. The van der Waals surface area contributed by atoms with E-state index in [0.717, 1.165) is 27.8 Å². The number of hydrogen-bond donors (Lipinski definition) is 1. The smallest absolute Gasteiger partial charge is 0.238 e. The van der Waals surface area contributed by atoms with Gasteiger partial charge in [-0.15, -0.1) is 0 Å². The molecule has 0 saturated carbocycles. The Kier molecular flexibility index (Phi) is 5.31. The normalized spacial score (nSPS) is 12.2. The Bertz CT molecular complexity index is 1100. The third-order valence-corrected chi connectivity index (χ3v) is 5.03. The highest BCUT2D eigenvalue weighted by Crippen LogP contribution is 2.23. The van der Waals surface area contributed by atoms with Crippen LogP contribution in [0.25, 0.3) is 16.6 Å². The fourth-order valence-electron chi connectivity index (χ4n) is 3.27. The molecular weight excluding hydrogens is 364 g/mol. The van der Waals surface area contributed by atoms with Crippen molar-refractivity contribution >= 4 is 22.5 Å². The van der Waals surface area contributed by atoms with Crippen LogP contribution in [0.15, 0.2) is 73.4 Å². The third-order valence-electron chi connectivity index (χ3n) is 5.03. The lowest BCUT2D eigenvalue weighted by Crippen LogP contribution is -2.32. The van der Waals surface area contributed by atoms with Gasteiger partial charge in [-0.1, -0.05) is 18.2 Å². The minimum absolute atomic E-state index is 0.0602. The molecule has 4 aromatic rings. The highest BCUT2D eigenvalue weighted by molar-refractivity contribution is 6.01. The number of rotatable bonds is 6. The molecule has 0 saturated heterocycles. The van der Waals surface area contributed by atoms with E-state index in [9.17, 15) is 4.79 Å². The molecule has 0 aliphatic rings. The first kappa shape index (κ1) is 18.8. The van der Waals surface area contributed by atoms with Gasteiger partial charge in [0.2, 0.25) is 5.91 Å². The van der Waals surface area contributed by atoms with Crippen LogP contribution in [0.2, 0.25) is 0 Å². The van der Waals surface area contributed by atoms with Crippen LogP contribution in [-0.2, 0) is 4.79 Å². The number of carbonyl (C=O) groups excluding carboxylic acids is 1. The zero-order valence-electron chi connectivity index (χ0n) is 16.4. The zero-order valence-corrected chi connectivity index (χ0v) is 16.4. The number of nitrogens with one attached hydrogen (secondary N) is 1. The number of fused-ring (bicyclic) bond motifs is 1. The summed E-state index contributed by atoms with van der Waals surface area (Å²) in [5, 5.41) is 8.08. The van der Waals surface area contributed by atoms with Crippen LogP contribution in [0.4, 0.5) is 5.69 Å². The van der Waals surface area contributed by atoms with E-state index < -0.39 is 0 Å². The number of pyridine rings is 1. The summed E-state index contributed by atoms with van der Waals surface area (Å²) < 4.78 is 1.71. The molecule has 146 valence electrons. The number of aromatic nitrogens is 4. The lowest BCUT2D eigenvalue weighted by atomic mass is 10.1. The van der Waals surface area contributed by atoms with E-state index in [1.165, 1.54) is 6.33 Å². The Morgan fingerprint density at radius 2 is 1.97 bits per heavy atom. The second-order valence-corrected chi connectivity index (χ2v) is 6.95. The average molecular weight is 386 g/mol. The van der Waals surface area contributed by atoms with E-state index in [-0.39, 0.29) is 18.5 Å². The van der Waals surface area contributed by atoms with Crippen molar-refractivity contribution in [2.75, 3.05) is 18.9 Å². The van der Waals surface area contributed by atoms with Crippen molar-refractivity contribution in [1.82, 2.24) is 24.6 Å². The number of hydrogen-bond acceptors (Lipinski definition) is 5. The van der Waals surface area contributed by atoms with Crippen LogP contribution in [0.1, 0.15) is 18.5 Å². The Balaban J connectivity index is 1.41. The number of amides is 1. The van der Waals surface area contributed by atoms with Crippen molar-refractivity contribution in [3.63, 3.8) is 0 Å². The monoisotopic (exact) mass is 386 g/mol. The first-order valence-corrected chi connectivity index (χ1v) is 9.40. The van der Waals surface area contributed by atoms with Crippen LogP contribution in [-0.4, -0.2) is 44.1 Å². The van der Waals surface area contributed by atoms with E-state index in [2.05, 4.69) is 27.3 Å². The predicted molar refractivity (Wildman–Crippen MR) is 113 cm³/mol. The van der Waals surface area contributed by atoms with Crippen molar-refractivity contribution in [2.24, 2.45) is 0 Å². The fraction of sp³-hybridized carbons (Fsp3) is 0.182. The number of benzene rings is 2. The minimum atomic E-state index is -0.0602. The molecule has 2 aromatic heterocycles. The molecule has 0 bridgehead atoms. The van der Waals surface area contributed by atoms with Crippen molar-refractivity contribution in [3.05, 3.63) is 79.0 Å². The highest BCUT2D eigenvalue weighted by atomic mass is 16.2. The minimum Gasteiger partial charge on any atom is -0.324 e. The molecule has 0 aliphatic carbocycles. The number of likely N-dealkylation sites (N-methyl/N-ethyl adjacent to an activating group) is 1. The van der Waals surface area contributed by atoms with Gasteiger partial charge in [0.1, 0.15) is 12.7 Å². The van der Waals surface area contributed by atoms with Gasteiger partial charge in [0.25, 0.3) is 0 Å².